The first-order chi connectivity index (χ1) is 7.74. The maximum Gasteiger partial charge on any atom is 0.314 e. The molecule has 4 nitrogen and oxygen atoms in total. The fourth-order valence-corrected chi connectivity index (χ4v) is 1.37. The average molecular weight is 222 g/mol. The molecule has 0 radical (unpaired) electrons. The molecule has 0 unspecified atom stereocenters. The molecule has 16 heavy (non-hydrogen) atoms. The summed E-state index contributed by atoms with van der Waals surface area (Å²) in [6.07, 6.45) is 1.84. The highest BCUT2D eigenvalue weighted by Crippen LogP contribution is 2.35. The van der Waals surface area contributed by atoms with Crippen molar-refractivity contribution in [1.82, 2.24) is 0 Å². The van der Waals surface area contributed by atoms with Gasteiger partial charge >= 0.3 is 5.97 Å². The summed E-state index contributed by atoms with van der Waals surface area (Å²) in [6, 6.07) is 5.13. The lowest BCUT2D eigenvalue weighted by Crippen LogP contribution is -2.10. The number of hydrogen-bond donors (Lipinski definition) is 0. The van der Waals surface area contributed by atoms with Gasteiger partial charge in [-0.1, -0.05) is 0 Å². The molecule has 0 atom stereocenters. The largest absolute Gasteiger partial charge is 0.497 e. The lowest BCUT2D eigenvalue weighted by molar-refractivity contribution is -0.135. The van der Waals surface area contributed by atoms with Gasteiger partial charge in [0, 0.05) is 6.07 Å². The van der Waals surface area contributed by atoms with E-state index >= 15 is 0 Å². The van der Waals surface area contributed by atoms with E-state index in [2.05, 4.69) is 0 Å². The van der Waals surface area contributed by atoms with E-state index in [0.29, 0.717) is 17.2 Å². The second-order valence-corrected chi connectivity index (χ2v) is 3.71. The Morgan fingerprint density at radius 1 is 1.19 bits per heavy atom. The first-order valence-electron chi connectivity index (χ1n) is 5.18. The van der Waals surface area contributed by atoms with Gasteiger partial charge in [-0.15, -0.1) is 0 Å². The van der Waals surface area contributed by atoms with Crippen molar-refractivity contribution < 1.29 is 19.0 Å². The van der Waals surface area contributed by atoms with E-state index in [1.165, 1.54) is 7.11 Å². The van der Waals surface area contributed by atoms with Crippen LogP contribution in [0, 0.1) is 5.92 Å². The molecule has 0 spiro atoms. The Hall–Kier alpha value is -1.71. The summed E-state index contributed by atoms with van der Waals surface area (Å²) < 4.78 is 15.4. The molecule has 1 saturated carbocycles. The summed E-state index contributed by atoms with van der Waals surface area (Å²) >= 11 is 0. The highest BCUT2D eigenvalue weighted by atomic mass is 16.6. The van der Waals surface area contributed by atoms with Crippen LogP contribution in [0.2, 0.25) is 0 Å². The fourth-order valence-electron chi connectivity index (χ4n) is 1.37. The molecule has 0 saturated heterocycles. The minimum absolute atomic E-state index is 0.0657. The van der Waals surface area contributed by atoms with E-state index in [4.69, 9.17) is 14.2 Å². The third kappa shape index (κ3) is 2.27. The summed E-state index contributed by atoms with van der Waals surface area (Å²) in [5, 5.41) is 0. The van der Waals surface area contributed by atoms with Gasteiger partial charge in [0.25, 0.3) is 0 Å². The number of carbonyl (C=O) groups excluding carboxylic acids is 1. The standard InChI is InChI=1S/C12H14O4/c1-14-9-5-6-10(15-2)11(7-9)16-12(13)8-3-4-8/h5-8H,3-4H2,1-2H3. The number of methoxy groups -OCH3 is 2. The van der Waals surface area contributed by atoms with E-state index in [-0.39, 0.29) is 11.9 Å². The van der Waals surface area contributed by atoms with Crippen LogP contribution in [-0.2, 0) is 4.79 Å². The Morgan fingerprint density at radius 2 is 1.94 bits per heavy atom. The van der Waals surface area contributed by atoms with Gasteiger partial charge in [-0.2, -0.15) is 0 Å². The first-order valence-corrected chi connectivity index (χ1v) is 5.18. The van der Waals surface area contributed by atoms with Crippen molar-refractivity contribution in [3.63, 3.8) is 0 Å². The summed E-state index contributed by atoms with van der Waals surface area (Å²) in [5.74, 6) is 1.47. The summed E-state index contributed by atoms with van der Waals surface area (Å²) in [6.45, 7) is 0. The van der Waals surface area contributed by atoms with Gasteiger partial charge in [0.15, 0.2) is 11.5 Å². The van der Waals surface area contributed by atoms with Crippen LogP contribution in [0.1, 0.15) is 12.8 Å². The van der Waals surface area contributed by atoms with Gasteiger partial charge in [-0.25, -0.2) is 0 Å². The second-order valence-electron chi connectivity index (χ2n) is 3.71. The monoisotopic (exact) mass is 222 g/mol. The molecule has 86 valence electrons. The van der Waals surface area contributed by atoms with Crippen molar-refractivity contribution >= 4 is 5.97 Å². The molecule has 0 amide bonds. The molecule has 1 fully saturated rings. The quantitative estimate of drug-likeness (QED) is 0.577. The number of carbonyl (C=O) groups is 1. The normalized spacial score (nSPS) is 14.4. The molecular formula is C12H14O4. The maximum absolute atomic E-state index is 11.5. The molecule has 2 rings (SSSR count). The molecule has 0 N–H and O–H groups in total. The van der Waals surface area contributed by atoms with E-state index < -0.39 is 0 Å². The number of ether oxygens (including phenoxy) is 3. The highest BCUT2D eigenvalue weighted by Gasteiger charge is 2.32. The zero-order valence-electron chi connectivity index (χ0n) is 9.36. The van der Waals surface area contributed by atoms with E-state index in [1.54, 1.807) is 25.3 Å². The number of hydrogen-bond acceptors (Lipinski definition) is 4. The van der Waals surface area contributed by atoms with Gasteiger partial charge in [0.05, 0.1) is 20.1 Å². The molecular weight excluding hydrogens is 208 g/mol. The van der Waals surface area contributed by atoms with Crippen LogP contribution in [0.25, 0.3) is 0 Å². The van der Waals surface area contributed by atoms with Crippen molar-refractivity contribution in [3.8, 4) is 17.2 Å². The number of rotatable bonds is 4. The van der Waals surface area contributed by atoms with Crippen LogP contribution in [-0.4, -0.2) is 20.2 Å². The molecule has 0 bridgehead atoms. The Balaban J connectivity index is 2.18. The maximum atomic E-state index is 11.5. The Morgan fingerprint density at radius 3 is 2.50 bits per heavy atom. The van der Waals surface area contributed by atoms with Crippen LogP contribution in [0.15, 0.2) is 18.2 Å². The fraction of sp³-hybridized carbons (Fsp3) is 0.417. The van der Waals surface area contributed by atoms with Crippen molar-refractivity contribution in [3.05, 3.63) is 18.2 Å². The van der Waals surface area contributed by atoms with Gasteiger partial charge in [-0.05, 0) is 25.0 Å². The van der Waals surface area contributed by atoms with Crippen LogP contribution in [0.3, 0.4) is 0 Å². The minimum Gasteiger partial charge on any atom is -0.497 e. The predicted molar refractivity (Wildman–Crippen MR) is 57.9 cm³/mol. The lowest BCUT2D eigenvalue weighted by atomic mass is 10.3. The minimum atomic E-state index is -0.188. The third-order valence-electron chi connectivity index (χ3n) is 2.49. The molecule has 1 aliphatic rings. The van der Waals surface area contributed by atoms with Crippen molar-refractivity contribution in [2.75, 3.05) is 14.2 Å². The first kappa shape index (κ1) is 10.8. The molecule has 1 aromatic rings. The molecule has 0 aliphatic heterocycles. The zero-order valence-corrected chi connectivity index (χ0v) is 9.36. The van der Waals surface area contributed by atoms with Crippen LogP contribution in [0.5, 0.6) is 17.2 Å². The van der Waals surface area contributed by atoms with Gasteiger partial charge in [-0.3, -0.25) is 4.79 Å². The average Bonchev–Trinajstić information content (AvgIpc) is 3.12. The topological polar surface area (TPSA) is 44.8 Å². The molecule has 0 heterocycles. The Kier molecular flexibility index (Phi) is 2.99. The van der Waals surface area contributed by atoms with Crippen LogP contribution < -0.4 is 14.2 Å². The van der Waals surface area contributed by atoms with E-state index in [0.717, 1.165) is 12.8 Å². The third-order valence-corrected chi connectivity index (χ3v) is 2.49. The van der Waals surface area contributed by atoms with Crippen LogP contribution in [0.4, 0.5) is 0 Å². The SMILES string of the molecule is COc1ccc(OC)c(OC(=O)C2CC2)c1. The van der Waals surface area contributed by atoms with E-state index in [1.807, 2.05) is 0 Å². The lowest BCUT2D eigenvalue weighted by Gasteiger charge is -2.10. The summed E-state index contributed by atoms with van der Waals surface area (Å²) in [5.41, 5.74) is 0. The Bertz CT molecular complexity index is 396. The summed E-state index contributed by atoms with van der Waals surface area (Å²) in [4.78, 5) is 11.5. The van der Waals surface area contributed by atoms with Gasteiger partial charge < -0.3 is 14.2 Å². The second kappa shape index (κ2) is 4.43. The smallest absolute Gasteiger partial charge is 0.314 e. The number of benzene rings is 1. The van der Waals surface area contributed by atoms with Gasteiger partial charge in [0.2, 0.25) is 0 Å². The number of esters is 1. The van der Waals surface area contributed by atoms with Crippen molar-refractivity contribution in [1.29, 1.82) is 0 Å². The highest BCUT2D eigenvalue weighted by molar-refractivity contribution is 5.78. The van der Waals surface area contributed by atoms with Crippen LogP contribution >= 0.6 is 0 Å². The molecule has 0 aromatic heterocycles. The van der Waals surface area contributed by atoms with Crippen molar-refractivity contribution in [2.24, 2.45) is 5.92 Å². The zero-order chi connectivity index (χ0) is 11.5. The molecule has 1 aromatic carbocycles. The summed E-state index contributed by atoms with van der Waals surface area (Å²) in [7, 11) is 3.10. The predicted octanol–water partition coefficient (Wildman–Crippen LogP) is 2.02. The van der Waals surface area contributed by atoms with Crippen molar-refractivity contribution in [2.45, 2.75) is 12.8 Å². The van der Waals surface area contributed by atoms with Gasteiger partial charge in [0.1, 0.15) is 5.75 Å². The van der Waals surface area contributed by atoms with E-state index in [9.17, 15) is 4.79 Å². The Labute approximate surface area is 94.1 Å². The molecule has 4 heteroatoms. The molecule has 1 aliphatic carbocycles.